The third-order valence-corrected chi connectivity index (χ3v) is 5.83. The molecule has 8 nitrogen and oxygen atoms in total. The topological polar surface area (TPSA) is 93.0 Å². The van der Waals surface area contributed by atoms with Crippen molar-refractivity contribution in [3.63, 3.8) is 0 Å². The van der Waals surface area contributed by atoms with Gasteiger partial charge in [0.05, 0.1) is 23.2 Å². The largest absolute Gasteiger partial charge is 0.275 e. The number of nitro groups is 1. The second-order valence-electron chi connectivity index (χ2n) is 7.76. The number of non-ortho nitro benzene ring substituents is 1. The SMILES string of the molecule is O=C1C2ON(c3cccc([N+](=O)[O-])c3)C(c3ccccc3)C2C(=O)N1Cc1ccccc1. The Morgan fingerprint density at radius 3 is 2.25 bits per heavy atom. The van der Waals surface area contributed by atoms with Crippen LogP contribution in [0, 0.1) is 16.0 Å². The maximum atomic E-state index is 13.4. The maximum absolute atomic E-state index is 13.4. The molecular weight excluding hydrogens is 410 g/mol. The molecule has 3 aromatic carbocycles. The number of amides is 2. The lowest BCUT2D eigenvalue weighted by molar-refractivity contribution is -0.384. The normalized spacial score (nSPS) is 22.3. The summed E-state index contributed by atoms with van der Waals surface area (Å²) in [7, 11) is 0. The zero-order valence-electron chi connectivity index (χ0n) is 16.9. The standard InChI is InChI=1S/C24H19N3O5/c28-23-20-21(17-10-5-2-6-11-17)26(18-12-7-13-19(14-18)27(30)31)32-22(20)24(29)25(23)15-16-8-3-1-4-9-16/h1-14,20-22H,15H2. The Bertz CT molecular complexity index is 1180. The highest BCUT2D eigenvalue weighted by Crippen LogP contribution is 2.47. The molecule has 0 aliphatic carbocycles. The quantitative estimate of drug-likeness (QED) is 0.349. The first kappa shape index (κ1) is 19.9. The molecule has 0 aromatic heterocycles. The first-order valence-electron chi connectivity index (χ1n) is 10.2. The van der Waals surface area contributed by atoms with E-state index in [1.807, 2.05) is 60.7 Å². The molecule has 160 valence electrons. The van der Waals surface area contributed by atoms with Crippen LogP contribution in [0.4, 0.5) is 11.4 Å². The Labute approximate surface area is 183 Å². The van der Waals surface area contributed by atoms with Crippen molar-refractivity contribution in [1.82, 2.24) is 4.90 Å². The number of benzene rings is 3. The van der Waals surface area contributed by atoms with Crippen molar-refractivity contribution in [1.29, 1.82) is 0 Å². The lowest BCUT2D eigenvalue weighted by Crippen LogP contribution is -2.36. The first-order chi connectivity index (χ1) is 15.5. The number of rotatable bonds is 5. The van der Waals surface area contributed by atoms with Crippen LogP contribution in [-0.4, -0.2) is 27.7 Å². The van der Waals surface area contributed by atoms with Crippen LogP contribution in [0.1, 0.15) is 17.2 Å². The predicted octanol–water partition coefficient (Wildman–Crippen LogP) is 3.64. The van der Waals surface area contributed by atoms with E-state index in [1.165, 1.54) is 22.1 Å². The summed E-state index contributed by atoms with van der Waals surface area (Å²) in [6.07, 6.45) is -0.990. The Balaban J connectivity index is 1.53. The molecule has 8 heteroatoms. The predicted molar refractivity (Wildman–Crippen MR) is 115 cm³/mol. The van der Waals surface area contributed by atoms with Gasteiger partial charge in [0, 0.05) is 12.1 Å². The molecule has 2 saturated heterocycles. The number of hydrogen-bond donors (Lipinski definition) is 0. The van der Waals surface area contributed by atoms with Crippen molar-refractivity contribution in [2.75, 3.05) is 5.06 Å². The van der Waals surface area contributed by atoms with Gasteiger partial charge in [0.25, 0.3) is 11.6 Å². The van der Waals surface area contributed by atoms with E-state index in [4.69, 9.17) is 4.84 Å². The van der Waals surface area contributed by atoms with Gasteiger partial charge in [-0.2, -0.15) is 0 Å². The molecule has 3 aromatic rings. The molecule has 0 radical (unpaired) electrons. The molecule has 3 atom stereocenters. The summed E-state index contributed by atoms with van der Waals surface area (Å²) < 4.78 is 0. The minimum absolute atomic E-state index is 0.0988. The third-order valence-electron chi connectivity index (χ3n) is 5.83. The van der Waals surface area contributed by atoms with Crippen LogP contribution in [0.15, 0.2) is 84.9 Å². The summed E-state index contributed by atoms with van der Waals surface area (Å²) in [6.45, 7) is 0.174. The van der Waals surface area contributed by atoms with Crippen LogP contribution in [-0.2, 0) is 21.0 Å². The number of hydrogen-bond acceptors (Lipinski definition) is 6. The number of fused-ring (bicyclic) bond motifs is 1. The van der Waals surface area contributed by atoms with Gasteiger partial charge < -0.3 is 0 Å². The second kappa shape index (κ2) is 7.90. The molecule has 0 N–H and O–H groups in total. The van der Waals surface area contributed by atoms with Crippen LogP contribution in [0.5, 0.6) is 0 Å². The molecule has 32 heavy (non-hydrogen) atoms. The van der Waals surface area contributed by atoms with Gasteiger partial charge in [0.1, 0.15) is 5.92 Å². The van der Waals surface area contributed by atoms with Gasteiger partial charge in [-0.3, -0.25) is 29.4 Å². The summed E-state index contributed by atoms with van der Waals surface area (Å²) in [6, 6.07) is 24.0. The third kappa shape index (κ3) is 3.30. The maximum Gasteiger partial charge on any atom is 0.271 e. The number of nitrogens with zero attached hydrogens (tertiary/aromatic N) is 3. The second-order valence-corrected chi connectivity index (χ2v) is 7.76. The van der Waals surface area contributed by atoms with Crippen molar-refractivity contribution in [3.05, 3.63) is 106 Å². The molecule has 2 fully saturated rings. The smallest absolute Gasteiger partial charge is 0.271 e. The Hall–Kier alpha value is -4.04. The van der Waals surface area contributed by atoms with Crippen LogP contribution in [0.25, 0.3) is 0 Å². The minimum Gasteiger partial charge on any atom is -0.275 e. The number of carbonyl (C=O) groups excluding carboxylic acids is 2. The average Bonchev–Trinajstić information content (AvgIpc) is 3.32. The van der Waals surface area contributed by atoms with E-state index < -0.39 is 28.9 Å². The number of likely N-dealkylation sites (tertiary alicyclic amines) is 1. The van der Waals surface area contributed by atoms with Gasteiger partial charge in [-0.25, -0.2) is 5.06 Å². The highest BCUT2D eigenvalue weighted by molar-refractivity contribution is 6.07. The zero-order valence-corrected chi connectivity index (χ0v) is 16.9. The summed E-state index contributed by atoms with van der Waals surface area (Å²) in [4.78, 5) is 44.6. The molecular formula is C24H19N3O5. The van der Waals surface area contributed by atoms with Crippen molar-refractivity contribution in [3.8, 4) is 0 Å². The number of anilines is 1. The van der Waals surface area contributed by atoms with Crippen LogP contribution >= 0.6 is 0 Å². The first-order valence-corrected chi connectivity index (χ1v) is 10.2. The van der Waals surface area contributed by atoms with Gasteiger partial charge in [-0.15, -0.1) is 0 Å². The molecule has 2 heterocycles. The Kier molecular flexibility index (Phi) is 4.91. The van der Waals surface area contributed by atoms with E-state index in [2.05, 4.69) is 0 Å². The molecule has 0 spiro atoms. The number of nitro benzene ring substituents is 1. The van der Waals surface area contributed by atoms with Crippen LogP contribution < -0.4 is 5.06 Å². The molecule has 3 unspecified atom stereocenters. The monoisotopic (exact) mass is 429 g/mol. The molecule has 2 amide bonds. The fourth-order valence-electron chi connectivity index (χ4n) is 4.35. The summed E-state index contributed by atoms with van der Waals surface area (Å²) in [5, 5.41) is 12.7. The number of hydroxylamine groups is 1. The van der Waals surface area contributed by atoms with Gasteiger partial charge in [0.15, 0.2) is 6.10 Å². The van der Waals surface area contributed by atoms with Gasteiger partial charge in [-0.1, -0.05) is 66.7 Å². The van der Waals surface area contributed by atoms with Crippen molar-refractivity contribution in [2.45, 2.75) is 18.7 Å². The van der Waals surface area contributed by atoms with Gasteiger partial charge in [0.2, 0.25) is 5.91 Å². The zero-order chi connectivity index (χ0) is 22.2. The van der Waals surface area contributed by atoms with E-state index >= 15 is 0 Å². The van der Waals surface area contributed by atoms with Gasteiger partial charge >= 0.3 is 0 Å². The lowest BCUT2D eigenvalue weighted by atomic mass is 9.90. The van der Waals surface area contributed by atoms with E-state index in [9.17, 15) is 19.7 Å². The molecule has 2 aliphatic heterocycles. The summed E-state index contributed by atoms with van der Waals surface area (Å²) in [5.41, 5.74) is 1.95. The van der Waals surface area contributed by atoms with Crippen molar-refractivity contribution < 1.29 is 19.3 Å². The Morgan fingerprint density at radius 1 is 0.875 bits per heavy atom. The van der Waals surface area contributed by atoms with Crippen molar-refractivity contribution >= 4 is 23.2 Å². The van der Waals surface area contributed by atoms with Crippen LogP contribution in [0.3, 0.4) is 0 Å². The summed E-state index contributed by atoms with van der Waals surface area (Å²) in [5.74, 6) is -1.48. The van der Waals surface area contributed by atoms with Gasteiger partial charge in [-0.05, 0) is 17.2 Å². The minimum atomic E-state index is -0.990. The Morgan fingerprint density at radius 2 is 1.56 bits per heavy atom. The van der Waals surface area contributed by atoms with Crippen LogP contribution in [0.2, 0.25) is 0 Å². The molecule has 0 saturated carbocycles. The lowest BCUT2D eigenvalue weighted by Gasteiger charge is -2.28. The van der Waals surface area contributed by atoms with E-state index in [0.717, 1.165) is 11.1 Å². The number of carbonyl (C=O) groups is 2. The fraction of sp³-hybridized carbons (Fsp3) is 0.167. The molecule has 0 bridgehead atoms. The average molecular weight is 429 g/mol. The molecule has 2 aliphatic rings. The van der Waals surface area contributed by atoms with E-state index in [1.54, 1.807) is 12.1 Å². The molecule has 5 rings (SSSR count). The van der Waals surface area contributed by atoms with E-state index in [0.29, 0.717) is 5.69 Å². The van der Waals surface area contributed by atoms with E-state index in [-0.39, 0.29) is 18.1 Å². The fourth-order valence-corrected chi connectivity index (χ4v) is 4.35. The highest BCUT2D eigenvalue weighted by Gasteiger charge is 2.59. The van der Waals surface area contributed by atoms with Crippen molar-refractivity contribution in [2.24, 2.45) is 5.92 Å². The highest BCUT2D eigenvalue weighted by atomic mass is 16.7. The number of imide groups is 1. The summed E-state index contributed by atoms with van der Waals surface area (Å²) >= 11 is 0.